The van der Waals surface area contributed by atoms with E-state index in [4.69, 9.17) is 0 Å². The first-order valence-electron chi connectivity index (χ1n) is 11.2. The Morgan fingerprint density at radius 3 is 1.20 bits per heavy atom. The number of sulfone groups is 1. The molecular formula is C28H26O6S. The molecule has 0 aromatic heterocycles. The molecule has 4 rings (SSSR count). The summed E-state index contributed by atoms with van der Waals surface area (Å²) in [4.78, 5) is -0.315. The number of hydrogen-bond acceptors (Lipinski definition) is 6. The maximum absolute atomic E-state index is 13.8. The van der Waals surface area contributed by atoms with E-state index in [-0.39, 0.29) is 9.79 Å². The van der Waals surface area contributed by atoms with Crippen LogP contribution in [-0.4, -0.2) is 28.8 Å². The van der Waals surface area contributed by atoms with Gasteiger partial charge in [0.2, 0.25) is 9.84 Å². The number of benzene rings is 4. The zero-order valence-corrected chi connectivity index (χ0v) is 19.7. The molecule has 0 bridgehead atoms. The second kappa shape index (κ2) is 10.1. The van der Waals surface area contributed by atoms with E-state index < -0.39 is 32.8 Å². The summed E-state index contributed by atoms with van der Waals surface area (Å²) in [6.07, 6.45) is 1.65. The van der Waals surface area contributed by atoms with Crippen LogP contribution in [0.25, 0.3) is 0 Å². The highest BCUT2D eigenvalue weighted by Gasteiger charge is 2.27. The zero-order valence-electron chi connectivity index (χ0n) is 18.9. The van der Waals surface area contributed by atoms with Crippen molar-refractivity contribution >= 4 is 9.84 Å². The molecule has 0 fully saturated rings. The summed E-state index contributed by atoms with van der Waals surface area (Å²) in [5.74, 6) is -1.93. The van der Waals surface area contributed by atoms with Gasteiger partial charge in [-0.3, -0.25) is 0 Å². The van der Waals surface area contributed by atoms with Crippen LogP contribution in [0, 0.1) is 0 Å². The average molecular weight is 491 g/mol. The van der Waals surface area contributed by atoms with E-state index in [0.717, 1.165) is 23.3 Å². The summed E-state index contributed by atoms with van der Waals surface area (Å²) < 4.78 is 27.7. The molecule has 0 saturated carbocycles. The van der Waals surface area contributed by atoms with Crippen molar-refractivity contribution in [3.05, 3.63) is 107 Å². The van der Waals surface area contributed by atoms with Gasteiger partial charge in [-0.15, -0.1) is 0 Å². The molecule has 4 N–H and O–H groups in total. The fraction of sp³-hybridized carbons (Fsp3) is 0.143. The quantitative estimate of drug-likeness (QED) is 0.261. The standard InChI is InChI=1S/C28H26O6S/c29-23-15-21(13-11-19-7-3-1-4-8-19)27(17-25(23)31)35(33,34)28-18-26(32)24(30)16-22(28)14-12-20-9-5-2-6-10-20/h1-10,15-18,29-32H,11-14H2. The van der Waals surface area contributed by atoms with E-state index >= 15 is 0 Å². The molecule has 4 aromatic carbocycles. The first-order chi connectivity index (χ1) is 16.8. The maximum Gasteiger partial charge on any atom is 0.207 e. The SMILES string of the molecule is O=S(=O)(c1cc(O)c(O)cc1CCc1ccccc1)c1cc(O)c(O)cc1CCc1ccccc1. The molecule has 0 saturated heterocycles. The van der Waals surface area contributed by atoms with Gasteiger partial charge in [-0.1, -0.05) is 60.7 Å². The lowest BCUT2D eigenvalue weighted by Crippen LogP contribution is -2.10. The van der Waals surface area contributed by atoms with Gasteiger partial charge in [-0.25, -0.2) is 8.42 Å². The molecule has 0 aliphatic rings. The van der Waals surface area contributed by atoms with Crippen molar-refractivity contribution < 1.29 is 28.8 Å². The fourth-order valence-electron chi connectivity index (χ4n) is 4.06. The number of phenolic OH excluding ortho intramolecular Hbond substituents is 4. The van der Waals surface area contributed by atoms with Crippen molar-refractivity contribution in [2.24, 2.45) is 0 Å². The Morgan fingerprint density at radius 2 is 0.829 bits per heavy atom. The molecule has 4 aromatic rings. The Hall–Kier alpha value is -3.97. The van der Waals surface area contributed by atoms with Gasteiger partial charge in [-0.2, -0.15) is 0 Å². The summed E-state index contributed by atoms with van der Waals surface area (Å²) in [5, 5.41) is 40.4. The topological polar surface area (TPSA) is 115 Å². The van der Waals surface area contributed by atoms with Gasteiger partial charge in [0, 0.05) is 12.1 Å². The molecule has 0 radical (unpaired) electrons. The van der Waals surface area contributed by atoms with Crippen LogP contribution in [-0.2, 0) is 35.5 Å². The molecule has 0 amide bonds. The van der Waals surface area contributed by atoms with Crippen LogP contribution >= 0.6 is 0 Å². The van der Waals surface area contributed by atoms with Crippen molar-refractivity contribution in [1.29, 1.82) is 0 Å². The molecule has 180 valence electrons. The lowest BCUT2D eigenvalue weighted by atomic mass is 10.0. The van der Waals surface area contributed by atoms with E-state index in [1.165, 1.54) is 12.1 Å². The fourth-order valence-corrected chi connectivity index (χ4v) is 5.84. The maximum atomic E-state index is 13.8. The minimum atomic E-state index is -4.23. The van der Waals surface area contributed by atoms with Crippen LogP contribution in [0.15, 0.2) is 94.7 Å². The van der Waals surface area contributed by atoms with E-state index in [9.17, 15) is 28.8 Å². The molecule has 6 nitrogen and oxygen atoms in total. The smallest absolute Gasteiger partial charge is 0.207 e. The normalized spacial score (nSPS) is 11.4. The highest BCUT2D eigenvalue weighted by molar-refractivity contribution is 7.91. The molecule has 0 heterocycles. The van der Waals surface area contributed by atoms with Crippen molar-refractivity contribution in [3.8, 4) is 23.0 Å². The third-order valence-corrected chi connectivity index (χ3v) is 7.86. The van der Waals surface area contributed by atoms with Crippen LogP contribution in [0.3, 0.4) is 0 Å². The van der Waals surface area contributed by atoms with Crippen molar-refractivity contribution in [1.82, 2.24) is 0 Å². The van der Waals surface area contributed by atoms with Crippen LogP contribution < -0.4 is 0 Å². The third-order valence-electron chi connectivity index (χ3n) is 5.95. The molecule has 0 spiro atoms. The first-order valence-corrected chi connectivity index (χ1v) is 12.7. The van der Waals surface area contributed by atoms with Gasteiger partial charge in [0.1, 0.15) is 0 Å². The second-order valence-electron chi connectivity index (χ2n) is 8.37. The molecule has 0 aliphatic carbocycles. The van der Waals surface area contributed by atoms with Crippen LogP contribution in [0.4, 0.5) is 0 Å². The van der Waals surface area contributed by atoms with Crippen molar-refractivity contribution in [3.63, 3.8) is 0 Å². The number of aryl methyl sites for hydroxylation is 4. The van der Waals surface area contributed by atoms with Crippen LogP contribution in [0.5, 0.6) is 23.0 Å². The average Bonchev–Trinajstić information content (AvgIpc) is 2.86. The molecule has 0 unspecified atom stereocenters. The predicted octanol–water partition coefficient (Wildman–Crippen LogP) is 4.91. The van der Waals surface area contributed by atoms with Crippen LogP contribution in [0.1, 0.15) is 22.3 Å². The monoisotopic (exact) mass is 490 g/mol. The van der Waals surface area contributed by atoms with E-state index in [1.807, 2.05) is 60.7 Å². The van der Waals surface area contributed by atoms with Crippen LogP contribution in [0.2, 0.25) is 0 Å². The summed E-state index contributed by atoms with van der Waals surface area (Å²) in [6.45, 7) is 0. The zero-order chi connectivity index (χ0) is 25.0. The summed E-state index contributed by atoms with van der Waals surface area (Å²) in [7, 11) is -4.23. The van der Waals surface area contributed by atoms with E-state index in [0.29, 0.717) is 36.8 Å². The Bertz CT molecular complexity index is 1330. The Kier molecular flexibility index (Phi) is 6.98. The van der Waals surface area contributed by atoms with Gasteiger partial charge >= 0.3 is 0 Å². The lowest BCUT2D eigenvalue weighted by molar-refractivity contribution is 0.400. The minimum absolute atomic E-state index is 0.158. The highest BCUT2D eigenvalue weighted by atomic mass is 32.2. The van der Waals surface area contributed by atoms with Gasteiger partial charge in [0.05, 0.1) is 9.79 Å². The van der Waals surface area contributed by atoms with E-state index in [1.54, 1.807) is 0 Å². The van der Waals surface area contributed by atoms with E-state index in [2.05, 4.69) is 0 Å². The Morgan fingerprint density at radius 1 is 0.486 bits per heavy atom. The van der Waals surface area contributed by atoms with Crippen molar-refractivity contribution in [2.75, 3.05) is 0 Å². The predicted molar refractivity (Wildman–Crippen MR) is 133 cm³/mol. The summed E-state index contributed by atoms with van der Waals surface area (Å²) >= 11 is 0. The molecular weight excluding hydrogens is 464 g/mol. The Labute approximate surface area is 204 Å². The number of aromatic hydroxyl groups is 4. The number of rotatable bonds is 8. The molecule has 35 heavy (non-hydrogen) atoms. The lowest BCUT2D eigenvalue weighted by Gasteiger charge is -2.16. The molecule has 0 atom stereocenters. The minimum Gasteiger partial charge on any atom is -0.504 e. The summed E-state index contributed by atoms with van der Waals surface area (Å²) in [6, 6.07) is 23.6. The number of phenols is 4. The molecule has 7 heteroatoms. The summed E-state index contributed by atoms with van der Waals surface area (Å²) in [5.41, 5.74) is 2.67. The third kappa shape index (κ3) is 5.41. The van der Waals surface area contributed by atoms with Crippen molar-refractivity contribution in [2.45, 2.75) is 35.5 Å². The van der Waals surface area contributed by atoms with Gasteiger partial charge in [0.25, 0.3) is 0 Å². The first kappa shape index (κ1) is 24.2. The Balaban J connectivity index is 1.76. The second-order valence-corrected chi connectivity index (χ2v) is 10.3. The van der Waals surface area contributed by atoms with Gasteiger partial charge in [0.15, 0.2) is 23.0 Å². The number of hydrogen-bond donors (Lipinski definition) is 4. The van der Waals surface area contributed by atoms with Gasteiger partial charge < -0.3 is 20.4 Å². The van der Waals surface area contributed by atoms with Gasteiger partial charge in [-0.05, 0) is 60.1 Å². The largest absolute Gasteiger partial charge is 0.504 e. The molecule has 0 aliphatic heterocycles. The highest BCUT2D eigenvalue weighted by Crippen LogP contribution is 2.38.